The Balaban J connectivity index is 1.72. The van der Waals surface area contributed by atoms with Crippen molar-refractivity contribution >= 4 is 6.03 Å². The summed E-state index contributed by atoms with van der Waals surface area (Å²) in [5.74, 6) is 0.969. The Bertz CT molecular complexity index is 725. The first kappa shape index (κ1) is 18.5. The highest BCUT2D eigenvalue weighted by atomic mass is 16.2. The highest BCUT2D eigenvalue weighted by Gasteiger charge is 2.36. The van der Waals surface area contributed by atoms with E-state index in [1.807, 2.05) is 24.4 Å². The number of rotatable bonds is 5. The van der Waals surface area contributed by atoms with E-state index in [1.165, 1.54) is 5.56 Å². The van der Waals surface area contributed by atoms with E-state index in [2.05, 4.69) is 46.4 Å². The van der Waals surface area contributed by atoms with Crippen LogP contribution in [0.5, 0.6) is 0 Å². The molecule has 2 heterocycles. The van der Waals surface area contributed by atoms with Gasteiger partial charge in [-0.25, -0.2) is 4.79 Å². The van der Waals surface area contributed by atoms with E-state index in [0.717, 1.165) is 30.9 Å². The molecule has 6 nitrogen and oxygen atoms in total. The number of likely N-dealkylation sites (tertiary alicyclic amines) is 1. The van der Waals surface area contributed by atoms with E-state index in [9.17, 15) is 4.79 Å². The van der Waals surface area contributed by atoms with E-state index in [4.69, 9.17) is 0 Å². The topological polar surface area (TPSA) is 64.3 Å². The highest BCUT2D eigenvalue weighted by Crippen LogP contribution is 2.28. The zero-order valence-corrected chi connectivity index (χ0v) is 16.1. The van der Waals surface area contributed by atoms with Crippen molar-refractivity contribution in [3.8, 4) is 11.3 Å². The molecular weight excluding hydrogens is 326 g/mol. The lowest BCUT2D eigenvalue weighted by molar-refractivity contribution is 0.207. The van der Waals surface area contributed by atoms with Crippen molar-refractivity contribution in [1.29, 1.82) is 0 Å². The molecule has 2 amide bonds. The molecule has 1 saturated heterocycles. The number of carbonyl (C=O) groups is 1. The van der Waals surface area contributed by atoms with Gasteiger partial charge in [0, 0.05) is 45.3 Å². The number of benzene rings is 1. The van der Waals surface area contributed by atoms with E-state index in [-0.39, 0.29) is 12.1 Å². The third kappa shape index (κ3) is 4.07. The Hall–Kier alpha value is -2.34. The second-order valence-corrected chi connectivity index (χ2v) is 7.69. The van der Waals surface area contributed by atoms with Gasteiger partial charge in [0.05, 0.1) is 11.9 Å². The van der Waals surface area contributed by atoms with Gasteiger partial charge in [0.2, 0.25) is 0 Å². The smallest absolute Gasteiger partial charge is 0.317 e. The summed E-state index contributed by atoms with van der Waals surface area (Å²) in [6, 6.07) is 10.4. The molecule has 0 saturated carbocycles. The largest absolute Gasteiger partial charge is 0.334 e. The predicted octanol–water partition coefficient (Wildman–Crippen LogP) is 2.80. The normalized spacial score (nSPS) is 20.5. The quantitative estimate of drug-likeness (QED) is 0.867. The molecule has 1 fully saturated rings. The highest BCUT2D eigenvalue weighted by molar-refractivity contribution is 5.74. The Morgan fingerprint density at radius 3 is 2.69 bits per heavy atom. The summed E-state index contributed by atoms with van der Waals surface area (Å²) in [5.41, 5.74) is 3.42. The monoisotopic (exact) mass is 355 g/mol. The number of aromatic nitrogens is 2. The van der Waals surface area contributed by atoms with E-state index in [0.29, 0.717) is 11.8 Å². The number of H-pyrrole nitrogens is 1. The van der Waals surface area contributed by atoms with Crippen molar-refractivity contribution in [2.45, 2.75) is 26.4 Å². The Morgan fingerprint density at radius 2 is 2.04 bits per heavy atom. The molecule has 26 heavy (non-hydrogen) atoms. The number of carbonyl (C=O) groups excluding carboxylic acids is 1. The average molecular weight is 355 g/mol. The maximum Gasteiger partial charge on any atom is 0.317 e. The van der Waals surface area contributed by atoms with Crippen LogP contribution in [0.4, 0.5) is 4.79 Å². The molecule has 6 heteroatoms. The molecule has 140 valence electrons. The Kier molecular flexibility index (Phi) is 5.61. The number of nitrogens with zero attached hydrogens (tertiary/aromatic N) is 3. The maximum atomic E-state index is 12.1. The number of amides is 2. The van der Waals surface area contributed by atoms with Gasteiger partial charge in [-0.15, -0.1) is 0 Å². The van der Waals surface area contributed by atoms with Gasteiger partial charge in [0.15, 0.2) is 0 Å². The number of nitrogens with one attached hydrogen (secondary N) is 2. The molecule has 2 aromatic rings. The fraction of sp³-hybridized carbons (Fsp3) is 0.500. The van der Waals surface area contributed by atoms with Gasteiger partial charge in [-0.05, 0) is 17.4 Å². The molecule has 0 bridgehead atoms. The van der Waals surface area contributed by atoms with Gasteiger partial charge >= 0.3 is 6.03 Å². The summed E-state index contributed by atoms with van der Waals surface area (Å²) in [7, 11) is 3.56. The Labute approximate surface area is 155 Å². The van der Waals surface area contributed by atoms with Crippen LogP contribution in [-0.2, 0) is 6.54 Å². The van der Waals surface area contributed by atoms with E-state index >= 15 is 0 Å². The van der Waals surface area contributed by atoms with E-state index < -0.39 is 0 Å². The van der Waals surface area contributed by atoms with Crippen molar-refractivity contribution in [2.24, 2.45) is 11.8 Å². The van der Waals surface area contributed by atoms with Crippen LogP contribution in [0.3, 0.4) is 0 Å². The summed E-state index contributed by atoms with van der Waals surface area (Å²) in [5, 5.41) is 10.6. The van der Waals surface area contributed by atoms with Crippen molar-refractivity contribution in [3.05, 3.63) is 42.1 Å². The molecule has 0 spiro atoms. The summed E-state index contributed by atoms with van der Waals surface area (Å²) in [6.07, 6.45) is 1.92. The first-order valence-corrected chi connectivity index (χ1v) is 9.23. The van der Waals surface area contributed by atoms with Crippen LogP contribution in [0.1, 0.15) is 19.4 Å². The number of urea groups is 1. The Morgan fingerprint density at radius 1 is 1.31 bits per heavy atom. The van der Waals surface area contributed by atoms with Crippen LogP contribution in [0.15, 0.2) is 36.5 Å². The van der Waals surface area contributed by atoms with Crippen molar-refractivity contribution in [2.75, 3.05) is 27.2 Å². The predicted molar refractivity (Wildman–Crippen MR) is 104 cm³/mol. The lowest BCUT2D eigenvalue weighted by atomic mass is 9.91. The van der Waals surface area contributed by atoms with Crippen LogP contribution in [0.25, 0.3) is 11.3 Å². The molecule has 1 aromatic heterocycles. The second-order valence-electron chi connectivity index (χ2n) is 7.69. The molecule has 0 radical (unpaired) electrons. The third-order valence-corrected chi connectivity index (χ3v) is 5.19. The summed E-state index contributed by atoms with van der Waals surface area (Å²) in [6.45, 7) is 7.14. The first-order chi connectivity index (χ1) is 12.5. The zero-order valence-electron chi connectivity index (χ0n) is 16.1. The van der Waals surface area contributed by atoms with Gasteiger partial charge in [-0.3, -0.25) is 10.00 Å². The lowest BCUT2D eigenvalue weighted by Crippen LogP contribution is -2.46. The molecular formula is C20H29N5O. The van der Waals surface area contributed by atoms with Gasteiger partial charge in [-0.1, -0.05) is 44.2 Å². The van der Waals surface area contributed by atoms with Crippen LogP contribution in [0, 0.1) is 11.8 Å². The summed E-state index contributed by atoms with van der Waals surface area (Å²) < 4.78 is 0. The van der Waals surface area contributed by atoms with Crippen LogP contribution in [-0.4, -0.2) is 59.3 Å². The van der Waals surface area contributed by atoms with Gasteiger partial charge in [0.1, 0.15) is 0 Å². The SMILES string of the molecule is CC(C)[C@@H]1CN(Cc2cn[nH]c2-c2ccccc2)C[C@H]1NC(=O)N(C)C. The summed E-state index contributed by atoms with van der Waals surface area (Å²) >= 11 is 0. The second kappa shape index (κ2) is 7.91. The molecule has 1 aromatic carbocycles. The van der Waals surface area contributed by atoms with Gasteiger partial charge in [-0.2, -0.15) is 5.10 Å². The minimum absolute atomic E-state index is 0.0178. The van der Waals surface area contributed by atoms with Crippen LogP contribution >= 0.6 is 0 Å². The first-order valence-electron chi connectivity index (χ1n) is 9.23. The van der Waals surface area contributed by atoms with Crippen LogP contribution in [0.2, 0.25) is 0 Å². The molecule has 2 N–H and O–H groups in total. The zero-order chi connectivity index (χ0) is 18.7. The maximum absolute atomic E-state index is 12.1. The minimum Gasteiger partial charge on any atom is -0.334 e. The molecule has 1 aliphatic rings. The lowest BCUT2D eigenvalue weighted by Gasteiger charge is -2.24. The molecule has 3 rings (SSSR count). The van der Waals surface area contributed by atoms with Crippen molar-refractivity contribution in [3.63, 3.8) is 0 Å². The number of hydrogen-bond acceptors (Lipinski definition) is 3. The molecule has 2 atom stereocenters. The van der Waals surface area contributed by atoms with Gasteiger partial charge < -0.3 is 10.2 Å². The van der Waals surface area contributed by atoms with Crippen molar-refractivity contribution < 1.29 is 4.79 Å². The molecule has 1 aliphatic heterocycles. The number of hydrogen-bond donors (Lipinski definition) is 2. The van der Waals surface area contributed by atoms with Crippen LogP contribution < -0.4 is 5.32 Å². The standard InChI is InChI=1S/C20H29N5O/c1-14(2)17-12-25(13-18(17)22-20(26)24(3)4)11-16-10-21-23-19(16)15-8-6-5-7-9-15/h5-10,14,17-18H,11-13H2,1-4H3,(H,21,23)(H,22,26)/t17-,18+/m0/s1. The number of aromatic amines is 1. The minimum atomic E-state index is -0.0178. The molecule has 0 unspecified atom stereocenters. The summed E-state index contributed by atoms with van der Waals surface area (Å²) in [4.78, 5) is 16.1. The third-order valence-electron chi connectivity index (χ3n) is 5.19. The van der Waals surface area contributed by atoms with Crippen molar-refractivity contribution in [1.82, 2.24) is 25.3 Å². The fourth-order valence-corrected chi connectivity index (χ4v) is 3.69. The average Bonchev–Trinajstić information content (AvgIpc) is 3.23. The van der Waals surface area contributed by atoms with Gasteiger partial charge in [0.25, 0.3) is 0 Å². The molecule has 0 aliphatic carbocycles. The van der Waals surface area contributed by atoms with E-state index in [1.54, 1.807) is 19.0 Å². The fourth-order valence-electron chi connectivity index (χ4n) is 3.69.